The fraction of sp³-hybridized carbons (Fsp3) is 0. The van der Waals surface area contributed by atoms with Crippen LogP contribution < -0.4 is 5.32 Å². The van der Waals surface area contributed by atoms with Gasteiger partial charge in [-0.2, -0.15) is 5.26 Å². The molecule has 0 aliphatic heterocycles. The molecule has 0 aliphatic rings. The Hall–Kier alpha value is -2.42. The second-order valence-electron chi connectivity index (χ2n) is 4.24. The zero-order chi connectivity index (χ0) is 14.8. The van der Waals surface area contributed by atoms with E-state index in [1.165, 1.54) is 17.4 Å². The lowest BCUT2D eigenvalue weighted by Crippen LogP contribution is -2.13. The molecule has 0 bridgehead atoms. The molecule has 0 aliphatic carbocycles. The summed E-state index contributed by atoms with van der Waals surface area (Å²) in [6.45, 7) is 0. The van der Waals surface area contributed by atoms with Gasteiger partial charge in [0.2, 0.25) is 0 Å². The molecule has 0 radical (unpaired) electrons. The third-order valence-electron chi connectivity index (χ3n) is 2.91. The number of rotatable bonds is 2. The standard InChI is InChI=1S/C15H8ClN3OS/c16-11-7-13(18-12-4-2-1-3-10(11)12)14(20)19-15-9(8-17)5-6-21-15/h1-7H,(H,19,20). The number of thiophene rings is 1. The number of aromatic nitrogens is 1. The lowest BCUT2D eigenvalue weighted by atomic mass is 10.2. The van der Waals surface area contributed by atoms with Crippen LogP contribution >= 0.6 is 22.9 Å². The molecule has 3 rings (SSSR count). The van der Waals surface area contributed by atoms with Gasteiger partial charge in [-0.25, -0.2) is 4.98 Å². The maximum Gasteiger partial charge on any atom is 0.274 e. The van der Waals surface area contributed by atoms with Crippen molar-refractivity contribution in [3.05, 3.63) is 58.1 Å². The van der Waals surface area contributed by atoms with Crippen molar-refractivity contribution in [3.8, 4) is 6.07 Å². The highest BCUT2D eigenvalue weighted by molar-refractivity contribution is 7.14. The molecule has 21 heavy (non-hydrogen) atoms. The maximum atomic E-state index is 12.2. The van der Waals surface area contributed by atoms with Crippen molar-refractivity contribution in [2.75, 3.05) is 5.32 Å². The van der Waals surface area contributed by atoms with Gasteiger partial charge in [0, 0.05) is 5.39 Å². The lowest BCUT2D eigenvalue weighted by molar-refractivity contribution is 0.102. The molecule has 2 heterocycles. The molecule has 0 unspecified atom stereocenters. The van der Waals surface area contributed by atoms with Gasteiger partial charge in [-0.05, 0) is 23.6 Å². The van der Waals surface area contributed by atoms with Crippen LogP contribution in [0.3, 0.4) is 0 Å². The number of fused-ring (bicyclic) bond motifs is 1. The van der Waals surface area contributed by atoms with E-state index < -0.39 is 0 Å². The molecular formula is C15H8ClN3OS. The highest BCUT2D eigenvalue weighted by Crippen LogP contribution is 2.25. The van der Waals surface area contributed by atoms with E-state index in [0.29, 0.717) is 21.1 Å². The third kappa shape index (κ3) is 2.59. The minimum absolute atomic E-state index is 0.219. The quantitative estimate of drug-likeness (QED) is 0.775. The zero-order valence-corrected chi connectivity index (χ0v) is 12.2. The first-order valence-electron chi connectivity index (χ1n) is 6.03. The van der Waals surface area contributed by atoms with Crippen LogP contribution in [0.1, 0.15) is 16.1 Å². The van der Waals surface area contributed by atoms with E-state index in [1.807, 2.05) is 24.3 Å². The van der Waals surface area contributed by atoms with Crippen molar-refractivity contribution in [2.45, 2.75) is 0 Å². The van der Waals surface area contributed by atoms with Gasteiger partial charge in [-0.15, -0.1) is 11.3 Å². The van der Waals surface area contributed by atoms with E-state index >= 15 is 0 Å². The van der Waals surface area contributed by atoms with Gasteiger partial charge in [-0.3, -0.25) is 4.79 Å². The highest BCUT2D eigenvalue weighted by Gasteiger charge is 2.13. The summed E-state index contributed by atoms with van der Waals surface area (Å²) < 4.78 is 0. The molecule has 6 heteroatoms. The SMILES string of the molecule is N#Cc1ccsc1NC(=O)c1cc(Cl)c2ccccc2n1. The first-order valence-corrected chi connectivity index (χ1v) is 7.29. The van der Waals surface area contributed by atoms with Crippen LogP contribution in [0, 0.1) is 11.3 Å². The highest BCUT2D eigenvalue weighted by atomic mass is 35.5. The van der Waals surface area contributed by atoms with E-state index in [-0.39, 0.29) is 11.6 Å². The molecule has 1 aromatic carbocycles. The monoisotopic (exact) mass is 313 g/mol. The van der Waals surface area contributed by atoms with Crippen LogP contribution in [-0.2, 0) is 0 Å². The molecule has 1 amide bonds. The molecule has 0 atom stereocenters. The smallest absolute Gasteiger partial charge is 0.274 e. The van der Waals surface area contributed by atoms with Crippen LogP contribution in [0.5, 0.6) is 0 Å². The third-order valence-corrected chi connectivity index (χ3v) is 4.05. The average Bonchev–Trinajstić information content (AvgIpc) is 2.94. The van der Waals surface area contributed by atoms with E-state index in [4.69, 9.17) is 16.9 Å². The molecule has 0 spiro atoms. The van der Waals surface area contributed by atoms with Crippen molar-refractivity contribution < 1.29 is 4.79 Å². The fourth-order valence-corrected chi connectivity index (χ4v) is 2.91. The number of hydrogen-bond donors (Lipinski definition) is 1. The van der Waals surface area contributed by atoms with Crippen molar-refractivity contribution in [3.63, 3.8) is 0 Å². The Bertz CT molecular complexity index is 882. The van der Waals surface area contributed by atoms with Crippen LogP contribution in [0.2, 0.25) is 5.02 Å². The Morgan fingerprint density at radius 2 is 2.14 bits per heavy atom. The second kappa shape index (κ2) is 5.52. The number of halogens is 1. The summed E-state index contributed by atoms with van der Waals surface area (Å²) in [6, 6.07) is 12.5. The number of nitrogens with zero attached hydrogens (tertiary/aromatic N) is 2. The summed E-state index contributed by atoms with van der Waals surface area (Å²) in [5.74, 6) is -0.387. The van der Waals surface area contributed by atoms with Crippen molar-refractivity contribution in [1.29, 1.82) is 5.26 Å². The van der Waals surface area contributed by atoms with Gasteiger partial charge in [0.15, 0.2) is 0 Å². The molecule has 0 saturated heterocycles. The molecule has 1 N–H and O–H groups in total. The first-order chi connectivity index (χ1) is 10.2. The Labute approximate surface area is 129 Å². The number of amides is 1. The minimum Gasteiger partial charge on any atom is -0.311 e. The molecule has 4 nitrogen and oxygen atoms in total. The fourth-order valence-electron chi connectivity index (χ4n) is 1.91. The topological polar surface area (TPSA) is 65.8 Å². The summed E-state index contributed by atoms with van der Waals surface area (Å²) in [5.41, 5.74) is 1.30. The number of hydrogen-bond acceptors (Lipinski definition) is 4. The van der Waals surface area contributed by atoms with Gasteiger partial charge >= 0.3 is 0 Å². The van der Waals surface area contributed by atoms with Crippen LogP contribution in [0.15, 0.2) is 41.8 Å². The van der Waals surface area contributed by atoms with E-state index in [0.717, 1.165) is 5.39 Å². The van der Waals surface area contributed by atoms with Crippen LogP contribution in [-0.4, -0.2) is 10.9 Å². The largest absolute Gasteiger partial charge is 0.311 e. The molecule has 0 fully saturated rings. The Morgan fingerprint density at radius 3 is 2.95 bits per heavy atom. The number of nitrogens with one attached hydrogen (secondary N) is 1. The summed E-state index contributed by atoms with van der Waals surface area (Å²) in [7, 11) is 0. The van der Waals surface area contributed by atoms with Gasteiger partial charge in [-0.1, -0.05) is 29.8 Å². The molecular weight excluding hydrogens is 306 g/mol. The average molecular weight is 314 g/mol. The number of pyridine rings is 1. The zero-order valence-electron chi connectivity index (χ0n) is 10.6. The maximum absolute atomic E-state index is 12.2. The van der Waals surface area contributed by atoms with Crippen LogP contribution in [0.25, 0.3) is 10.9 Å². The summed E-state index contributed by atoms with van der Waals surface area (Å²) >= 11 is 7.47. The predicted molar refractivity (Wildman–Crippen MR) is 83.7 cm³/mol. The van der Waals surface area contributed by atoms with E-state index in [1.54, 1.807) is 17.5 Å². The second-order valence-corrected chi connectivity index (χ2v) is 5.56. The van der Waals surface area contributed by atoms with E-state index in [9.17, 15) is 4.79 Å². The molecule has 3 aromatic rings. The van der Waals surface area contributed by atoms with E-state index in [2.05, 4.69) is 10.3 Å². The lowest BCUT2D eigenvalue weighted by Gasteiger charge is -2.06. The molecule has 0 saturated carbocycles. The van der Waals surface area contributed by atoms with Gasteiger partial charge in [0.05, 0.1) is 16.1 Å². The number of carbonyl (C=O) groups is 1. The molecule has 2 aromatic heterocycles. The number of para-hydroxylation sites is 1. The Balaban J connectivity index is 1.97. The number of nitriles is 1. The number of carbonyl (C=O) groups excluding carboxylic acids is 1. The predicted octanol–water partition coefficient (Wildman–Crippen LogP) is 4.07. The minimum atomic E-state index is -0.387. The Morgan fingerprint density at radius 1 is 1.33 bits per heavy atom. The number of anilines is 1. The van der Waals surface area contributed by atoms with Crippen molar-refractivity contribution >= 4 is 44.7 Å². The van der Waals surface area contributed by atoms with Gasteiger partial charge in [0.25, 0.3) is 5.91 Å². The number of benzene rings is 1. The van der Waals surface area contributed by atoms with Crippen molar-refractivity contribution in [2.24, 2.45) is 0 Å². The Kier molecular flexibility index (Phi) is 3.57. The summed E-state index contributed by atoms with van der Waals surface area (Å²) in [5, 5.41) is 15.1. The van der Waals surface area contributed by atoms with Crippen molar-refractivity contribution in [1.82, 2.24) is 4.98 Å². The summed E-state index contributed by atoms with van der Waals surface area (Å²) in [6.07, 6.45) is 0. The van der Waals surface area contributed by atoms with Gasteiger partial charge in [0.1, 0.15) is 16.8 Å². The van der Waals surface area contributed by atoms with Crippen LogP contribution in [0.4, 0.5) is 5.00 Å². The normalized spacial score (nSPS) is 10.3. The molecule has 102 valence electrons. The van der Waals surface area contributed by atoms with Gasteiger partial charge < -0.3 is 5.32 Å². The summed E-state index contributed by atoms with van der Waals surface area (Å²) in [4.78, 5) is 16.5. The first kappa shape index (κ1) is 13.6.